The van der Waals surface area contributed by atoms with Crippen LogP contribution in [0.15, 0.2) is 71.9 Å². The fourth-order valence-corrected chi connectivity index (χ4v) is 4.30. The predicted molar refractivity (Wildman–Crippen MR) is 133 cm³/mol. The fraction of sp³-hybridized carbons (Fsp3) is 0.200. The first-order valence-electron chi connectivity index (χ1n) is 10.8. The van der Waals surface area contributed by atoms with Crippen molar-refractivity contribution in [1.82, 2.24) is 29.5 Å². The van der Waals surface area contributed by atoms with E-state index in [1.54, 1.807) is 12.5 Å². The van der Waals surface area contributed by atoms with E-state index < -0.39 is 0 Å². The van der Waals surface area contributed by atoms with Crippen molar-refractivity contribution in [3.8, 4) is 0 Å². The van der Waals surface area contributed by atoms with Gasteiger partial charge < -0.3 is 5.32 Å². The van der Waals surface area contributed by atoms with Crippen LogP contribution >= 0.6 is 15.9 Å². The standard InChI is InChI=1S/C25H24BrN7/c1-17-4-9-23(26)18(2)21(17)12-27-24-22-15-33(31-25(22)29-16-28-24)14-20-7-5-19(6-8-20)13-32-11-3-10-30-32/h3-11,15-16H,12-14H2,1-2H3,(H,27,28,29,31). The van der Waals surface area contributed by atoms with Gasteiger partial charge in [0.15, 0.2) is 5.65 Å². The Bertz CT molecular complexity index is 1390. The van der Waals surface area contributed by atoms with Crippen molar-refractivity contribution >= 4 is 32.8 Å². The number of hydrogen-bond donors (Lipinski definition) is 1. The average molecular weight is 502 g/mol. The van der Waals surface area contributed by atoms with Gasteiger partial charge in [-0.25, -0.2) is 9.97 Å². The molecular formula is C25H24BrN7. The van der Waals surface area contributed by atoms with Gasteiger partial charge in [0.05, 0.1) is 18.5 Å². The van der Waals surface area contributed by atoms with Crippen molar-refractivity contribution in [3.63, 3.8) is 0 Å². The molecule has 0 aliphatic rings. The lowest BCUT2D eigenvalue weighted by Crippen LogP contribution is -2.05. The smallest absolute Gasteiger partial charge is 0.186 e. The van der Waals surface area contributed by atoms with Crippen LogP contribution in [0, 0.1) is 13.8 Å². The molecule has 0 fully saturated rings. The van der Waals surface area contributed by atoms with Crippen LogP contribution in [0.2, 0.25) is 0 Å². The third-order valence-corrected chi connectivity index (χ3v) is 6.69. The van der Waals surface area contributed by atoms with E-state index >= 15 is 0 Å². The number of fused-ring (bicyclic) bond motifs is 1. The second-order valence-electron chi connectivity index (χ2n) is 8.13. The first kappa shape index (κ1) is 21.3. The molecule has 166 valence electrons. The van der Waals surface area contributed by atoms with Crippen LogP contribution in [0.1, 0.15) is 27.8 Å². The molecule has 1 N–H and O–H groups in total. The molecule has 5 rings (SSSR count). The summed E-state index contributed by atoms with van der Waals surface area (Å²) in [6, 6.07) is 14.7. The summed E-state index contributed by atoms with van der Waals surface area (Å²) < 4.78 is 4.95. The van der Waals surface area contributed by atoms with Gasteiger partial charge in [-0.15, -0.1) is 0 Å². The Morgan fingerprint density at radius 3 is 2.42 bits per heavy atom. The number of hydrogen-bond acceptors (Lipinski definition) is 5. The molecule has 0 saturated heterocycles. The predicted octanol–water partition coefficient (Wildman–Crippen LogP) is 5.11. The molecule has 0 unspecified atom stereocenters. The van der Waals surface area contributed by atoms with Gasteiger partial charge in [-0.2, -0.15) is 10.2 Å². The highest BCUT2D eigenvalue weighted by atomic mass is 79.9. The zero-order valence-electron chi connectivity index (χ0n) is 18.5. The van der Waals surface area contributed by atoms with E-state index in [0.717, 1.165) is 22.2 Å². The highest BCUT2D eigenvalue weighted by Crippen LogP contribution is 2.25. The maximum atomic E-state index is 4.66. The van der Waals surface area contributed by atoms with Crippen LogP contribution in [0.5, 0.6) is 0 Å². The molecule has 0 spiro atoms. The number of aromatic nitrogens is 6. The SMILES string of the molecule is Cc1ccc(Br)c(C)c1CNc1ncnc2nn(Cc3ccc(Cn4cccn4)cc3)cc12. The maximum absolute atomic E-state index is 4.66. The Morgan fingerprint density at radius 2 is 1.70 bits per heavy atom. The molecule has 2 aromatic carbocycles. The summed E-state index contributed by atoms with van der Waals surface area (Å²) >= 11 is 3.63. The van der Waals surface area contributed by atoms with Gasteiger partial charge in [-0.05, 0) is 53.8 Å². The lowest BCUT2D eigenvalue weighted by Gasteiger charge is -2.13. The minimum absolute atomic E-state index is 0.668. The minimum atomic E-state index is 0.668. The molecule has 0 bridgehead atoms. The Balaban J connectivity index is 1.32. The van der Waals surface area contributed by atoms with E-state index in [0.29, 0.717) is 18.7 Å². The van der Waals surface area contributed by atoms with Crippen molar-refractivity contribution in [2.24, 2.45) is 0 Å². The van der Waals surface area contributed by atoms with Gasteiger partial charge in [-0.1, -0.05) is 46.3 Å². The summed E-state index contributed by atoms with van der Waals surface area (Å²) in [5.74, 6) is 0.791. The fourth-order valence-electron chi connectivity index (χ4n) is 3.93. The van der Waals surface area contributed by atoms with E-state index in [4.69, 9.17) is 0 Å². The molecule has 33 heavy (non-hydrogen) atoms. The van der Waals surface area contributed by atoms with Crippen LogP contribution in [0.4, 0.5) is 5.82 Å². The van der Waals surface area contributed by atoms with Crippen LogP contribution in [0.3, 0.4) is 0 Å². The van der Waals surface area contributed by atoms with Crippen molar-refractivity contribution in [2.75, 3.05) is 5.32 Å². The van der Waals surface area contributed by atoms with E-state index in [1.165, 1.54) is 27.8 Å². The number of halogens is 1. The third kappa shape index (κ3) is 4.66. The van der Waals surface area contributed by atoms with Crippen molar-refractivity contribution in [1.29, 1.82) is 0 Å². The van der Waals surface area contributed by atoms with Crippen molar-refractivity contribution < 1.29 is 0 Å². The Labute approximate surface area is 200 Å². The summed E-state index contributed by atoms with van der Waals surface area (Å²) in [6.45, 7) is 6.38. The van der Waals surface area contributed by atoms with Crippen LogP contribution in [0.25, 0.3) is 11.0 Å². The normalized spacial score (nSPS) is 11.2. The Kier molecular flexibility index (Phi) is 5.92. The van der Waals surface area contributed by atoms with Crippen molar-refractivity contribution in [2.45, 2.75) is 33.5 Å². The number of benzene rings is 2. The molecule has 0 saturated carbocycles. The minimum Gasteiger partial charge on any atom is -0.365 e. The quantitative estimate of drug-likeness (QED) is 0.335. The number of nitrogens with one attached hydrogen (secondary N) is 1. The molecule has 0 radical (unpaired) electrons. The molecule has 3 aromatic heterocycles. The summed E-state index contributed by atoms with van der Waals surface area (Å²) in [7, 11) is 0. The molecule has 0 aliphatic heterocycles. The molecule has 0 atom stereocenters. The summed E-state index contributed by atoms with van der Waals surface area (Å²) in [4.78, 5) is 8.84. The van der Waals surface area contributed by atoms with E-state index in [-0.39, 0.29) is 0 Å². The first-order chi connectivity index (χ1) is 16.1. The zero-order chi connectivity index (χ0) is 22.8. The maximum Gasteiger partial charge on any atom is 0.186 e. The molecule has 5 aromatic rings. The highest BCUT2D eigenvalue weighted by molar-refractivity contribution is 9.10. The first-order valence-corrected chi connectivity index (χ1v) is 11.6. The van der Waals surface area contributed by atoms with Gasteiger partial charge >= 0.3 is 0 Å². The zero-order valence-corrected chi connectivity index (χ0v) is 20.1. The lowest BCUT2D eigenvalue weighted by atomic mass is 10.0. The number of rotatable bonds is 7. The van der Waals surface area contributed by atoms with Gasteiger partial charge in [0, 0.05) is 29.6 Å². The number of anilines is 1. The topological polar surface area (TPSA) is 73.5 Å². The van der Waals surface area contributed by atoms with Gasteiger partial charge in [-0.3, -0.25) is 9.36 Å². The summed E-state index contributed by atoms with van der Waals surface area (Å²) in [6.07, 6.45) is 7.33. The van der Waals surface area contributed by atoms with Gasteiger partial charge in [0.1, 0.15) is 12.1 Å². The van der Waals surface area contributed by atoms with Crippen molar-refractivity contribution in [3.05, 3.63) is 99.7 Å². The molecule has 0 aliphatic carbocycles. The van der Waals surface area contributed by atoms with Crippen LogP contribution in [-0.2, 0) is 19.6 Å². The highest BCUT2D eigenvalue weighted by Gasteiger charge is 2.11. The van der Waals surface area contributed by atoms with E-state index in [2.05, 4.69) is 91.7 Å². The second-order valence-corrected chi connectivity index (χ2v) is 8.98. The summed E-state index contributed by atoms with van der Waals surface area (Å²) in [5, 5.41) is 13.3. The molecule has 0 amide bonds. The van der Waals surface area contributed by atoms with E-state index in [9.17, 15) is 0 Å². The van der Waals surface area contributed by atoms with Gasteiger partial charge in [0.2, 0.25) is 0 Å². The Morgan fingerprint density at radius 1 is 0.939 bits per heavy atom. The molecular weight excluding hydrogens is 478 g/mol. The monoisotopic (exact) mass is 501 g/mol. The van der Waals surface area contributed by atoms with Gasteiger partial charge in [0.25, 0.3) is 0 Å². The largest absolute Gasteiger partial charge is 0.365 e. The lowest BCUT2D eigenvalue weighted by molar-refractivity contribution is 0.681. The number of aryl methyl sites for hydroxylation is 1. The Hall–Kier alpha value is -3.52. The molecule has 8 heteroatoms. The molecule has 3 heterocycles. The summed E-state index contributed by atoms with van der Waals surface area (Å²) in [5.41, 5.74) is 6.82. The second kappa shape index (κ2) is 9.15. The van der Waals surface area contributed by atoms with E-state index in [1.807, 2.05) is 27.8 Å². The third-order valence-electron chi connectivity index (χ3n) is 5.83. The average Bonchev–Trinajstić information content (AvgIpc) is 3.47. The number of nitrogens with zero attached hydrogens (tertiary/aromatic N) is 6. The van der Waals surface area contributed by atoms with Crippen LogP contribution < -0.4 is 5.32 Å². The molecule has 7 nitrogen and oxygen atoms in total. The van der Waals surface area contributed by atoms with Crippen LogP contribution in [-0.4, -0.2) is 29.5 Å².